The van der Waals surface area contributed by atoms with Crippen LogP contribution >= 0.6 is 11.8 Å². The van der Waals surface area contributed by atoms with E-state index in [0.717, 1.165) is 6.04 Å². The summed E-state index contributed by atoms with van der Waals surface area (Å²) in [6.45, 7) is 9.55. The van der Waals surface area contributed by atoms with Crippen molar-refractivity contribution in [3.63, 3.8) is 0 Å². The molecule has 0 bridgehead atoms. The van der Waals surface area contributed by atoms with Crippen molar-refractivity contribution in [1.82, 2.24) is 4.90 Å². The molecule has 0 aliphatic carbocycles. The van der Waals surface area contributed by atoms with E-state index in [1.165, 1.54) is 37.4 Å². The molecule has 2 aliphatic rings. The van der Waals surface area contributed by atoms with Crippen LogP contribution in [0.4, 0.5) is 0 Å². The predicted molar refractivity (Wildman–Crippen MR) is 72.8 cm³/mol. The average molecular weight is 242 g/mol. The molecule has 3 atom stereocenters. The van der Waals surface area contributed by atoms with Gasteiger partial charge in [0.05, 0.1) is 0 Å². The Labute approximate surface area is 104 Å². The lowest BCUT2D eigenvalue weighted by Gasteiger charge is -2.45. The zero-order valence-corrected chi connectivity index (χ0v) is 11.7. The van der Waals surface area contributed by atoms with Gasteiger partial charge in [-0.05, 0) is 36.5 Å². The Hall–Kier alpha value is 0.270. The number of piperidine rings is 1. The summed E-state index contributed by atoms with van der Waals surface area (Å²) >= 11 is 2.13. The molecule has 2 rings (SSSR count). The first-order valence-electron chi connectivity index (χ1n) is 6.55. The molecule has 2 heterocycles. The van der Waals surface area contributed by atoms with Crippen LogP contribution in [-0.2, 0) is 0 Å². The Morgan fingerprint density at radius 2 is 2.12 bits per heavy atom. The first-order chi connectivity index (χ1) is 7.48. The van der Waals surface area contributed by atoms with Crippen molar-refractivity contribution in [3.8, 4) is 0 Å². The SMILES string of the molecule is CC1CN(C2CSCC(C)(C)C2)CCC1N. The summed E-state index contributed by atoms with van der Waals surface area (Å²) in [5.74, 6) is 3.32. The minimum Gasteiger partial charge on any atom is -0.327 e. The van der Waals surface area contributed by atoms with Crippen molar-refractivity contribution in [2.75, 3.05) is 24.6 Å². The third-order valence-electron chi connectivity index (χ3n) is 4.11. The minimum atomic E-state index is 0.431. The molecule has 0 saturated carbocycles. The van der Waals surface area contributed by atoms with Crippen molar-refractivity contribution in [3.05, 3.63) is 0 Å². The summed E-state index contributed by atoms with van der Waals surface area (Å²) in [7, 11) is 0. The second kappa shape index (κ2) is 4.87. The van der Waals surface area contributed by atoms with Crippen LogP contribution in [0.3, 0.4) is 0 Å². The number of nitrogens with zero attached hydrogens (tertiary/aromatic N) is 1. The van der Waals surface area contributed by atoms with E-state index in [1.54, 1.807) is 0 Å². The summed E-state index contributed by atoms with van der Waals surface area (Å²) in [6.07, 6.45) is 2.55. The van der Waals surface area contributed by atoms with Crippen LogP contribution < -0.4 is 5.73 Å². The molecule has 0 radical (unpaired) electrons. The largest absolute Gasteiger partial charge is 0.327 e. The van der Waals surface area contributed by atoms with Gasteiger partial charge in [0.15, 0.2) is 0 Å². The van der Waals surface area contributed by atoms with Crippen LogP contribution in [0.15, 0.2) is 0 Å². The van der Waals surface area contributed by atoms with Crippen LogP contribution in [0.25, 0.3) is 0 Å². The van der Waals surface area contributed by atoms with Crippen molar-refractivity contribution in [2.24, 2.45) is 17.1 Å². The first kappa shape index (κ1) is 12.7. The van der Waals surface area contributed by atoms with Gasteiger partial charge in [0.2, 0.25) is 0 Å². The summed E-state index contributed by atoms with van der Waals surface area (Å²) in [5, 5.41) is 0. The highest BCUT2D eigenvalue weighted by molar-refractivity contribution is 7.99. The van der Waals surface area contributed by atoms with Crippen LogP contribution in [0.1, 0.15) is 33.6 Å². The first-order valence-corrected chi connectivity index (χ1v) is 7.71. The minimum absolute atomic E-state index is 0.431. The van der Waals surface area contributed by atoms with Gasteiger partial charge in [-0.3, -0.25) is 4.90 Å². The highest BCUT2D eigenvalue weighted by Gasteiger charge is 2.34. The Morgan fingerprint density at radius 1 is 1.38 bits per heavy atom. The number of hydrogen-bond acceptors (Lipinski definition) is 3. The lowest BCUT2D eigenvalue weighted by atomic mass is 9.85. The van der Waals surface area contributed by atoms with Crippen molar-refractivity contribution >= 4 is 11.8 Å². The van der Waals surface area contributed by atoms with Crippen LogP contribution in [-0.4, -0.2) is 41.6 Å². The smallest absolute Gasteiger partial charge is 0.0191 e. The maximum atomic E-state index is 6.09. The third kappa shape index (κ3) is 2.93. The number of thioether (sulfide) groups is 1. The van der Waals surface area contributed by atoms with E-state index in [4.69, 9.17) is 5.73 Å². The maximum absolute atomic E-state index is 6.09. The molecule has 2 fully saturated rings. The van der Waals surface area contributed by atoms with Gasteiger partial charge >= 0.3 is 0 Å². The highest BCUT2D eigenvalue weighted by atomic mass is 32.2. The number of nitrogens with two attached hydrogens (primary N) is 1. The van der Waals surface area contributed by atoms with E-state index < -0.39 is 0 Å². The van der Waals surface area contributed by atoms with Gasteiger partial charge in [-0.15, -0.1) is 0 Å². The molecule has 2 N–H and O–H groups in total. The summed E-state index contributed by atoms with van der Waals surface area (Å²) in [5.41, 5.74) is 6.62. The molecular weight excluding hydrogens is 216 g/mol. The van der Waals surface area contributed by atoms with E-state index >= 15 is 0 Å². The van der Waals surface area contributed by atoms with E-state index in [0.29, 0.717) is 17.4 Å². The van der Waals surface area contributed by atoms with Gasteiger partial charge in [-0.1, -0.05) is 20.8 Å². The fraction of sp³-hybridized carbons (Fsp3) is 1.00. The van der Waals surface area contributed by atoms with Gasteiger partial charge in [0.1, 0.15) is 0 Å². The van der Waals surface area contributed by atoms with E-state index in [-0.39, 0.29) is 0 Å². The second-order valence-electron chi connectivity index (χ2n) is 6.46. The standard InChI is InChI=1S/C13H26N2S/c1-10-7-15(5-4-12(10)14)11-6-13(2,3)9-16-8-11/h10-12H,4-9,14H2,1-3H3. The molecule has 0 aromatic carbocycles. The summed E-state index contributed by atoms with van der Waals surface area (Å²) < 4.78 is 0. The van der Waals surface area contributed by atoms with Crippen molar-refractivity contribution < 1.29 is 0 Å². The highest BCUT2D eigenvalue weighted by Crippen LogP contribution is 2.36. The van der Waals surface area contributed by atoms with Crippen molar-refractivity contribution in [2.45, 2.75) is 45.7 Å². The molecule has 0 spiro atoms. The lowest BCUT2D eigenvalue weighted by Crippen LogP contribution is -2.52. The number of rotatable bonds is 1. The Morgan fingerprint density at radius 3 is 2.75 bits per heavy atom. The molecule has 2 aliphatic heterocycles. The van der Waals surface area contributed by atoms with Crippen molar-refractivity contribution in [1.29, 1.82) is 0 Å². The van der Waals surface area contributed by atoms with Gasteiger partial charge in [-0.25, -0.2) is 0 Å². The van der Waals surface area contributed by atoms with Crippen LogP contribution in [0, 0.1) is 11.3 Å². The fourth-order valence-corrected chi connectivity index (χ4v) is 4.38. The molecule has 2 nitrogen and oxygen atoms in total. The quantitative estimate of drug-likeness (QED) is 0.764. The van der Waals surface area contributed by atoms with Gasteiger partial charge in [0, 0.05) is 24.4 Å². The Bertz CT molecular complexity index is 242. The molecule has 0 aromatic heterocycles. The zero-order valence-electron chi connectivity index (χ0n) is 10.9. The Kier molecular flexibility index (Phi) is 3.87. The average Bonchev–Trinajstić information content (AvgIpc) is 2.20. The monoisotopic (exact) mass is 242 g/mol. The van der Waals surface area contributed by atoms with E-state index in [2.05, 4.69) is 37.4 Å². The van der Waals surface area contributed by atoms with E-state index in [9.17, 15) is 0 Å². The van der Waals surface area contributed by atoms with E-state index in [1.807, 2.05) is 0 Å². The zero-order chi connectivity index (χ0) is 11.8. The second-order valence-corrected chi connectivity index (χ2v) is 7.49. The maximum Gasteiger partial charge on any atom is 0.0191 e. The van der Waals surface area contributed by atoms with Crippen LogP contribution in [0.2, 0.25) is 0 Å². The lowest BCUT2D eigenvalue weighted by molar-refractivity contribution is 0.0988. The van der Waals surface area contributed by atoms with Gasteiger partial charge in [-0.2, -0.15) is 11.8 Å². The molecule has 16 heavy (non-hydrogen) atoms. The summed E-state index contributed by atoms with van der Waals surface area (Å²) in [6, 6.07) is 1.23. The predicted octanol–water partition coefficient (Wildman–Crippen LogP) is 2.19. The number of hydrogen-bond donors (Lipinski definition) is 1. The number of likely N-dealkylation sites (tertiary alicyclic amines) is 1. The summed E-state index contributed by atoms with van der Waals surface area (Å²) in [4.78, 5) is 2.70. The molecule has 0 amide bonds. The fourth-order valence-electron chi connectivity index (χ4n) is 2.99. The molecule has 3 unspecified atom stereocenters. The van der Waals surface area contributed by atoms with Crippen LogP contribution in [0.5, 0.6) is 0 Å². The third-order valence-corrected chi connectivity index (χ3v) is 5.72. The Balaban J connectivity index is 1.92. The molecule has 94 valence electrons. The molecule has 0 aromatic rings. The topological polar surface area (TPSA) is 29.3 Å². The normalized spacial score (nSPS) is 40.9. The van der Waals surface area contributed by atoms with Gasteiger partial charge in [0.25, 0.3) is 0 Å². The molecule has 2 saturated heterocycles. The van der Waals surface area contributed by atoms with Gasteiger partial charge < -0.3 is 5.73 Å². The molecule has 3 heteroatoms. The molecular formula is C13H26N2S.